The second kappa shape index (κ2) is 14.6. The number of carbonyl (C=O) groups excluding carboxylic acids is 4. The van der Waals surface area contributed by atoms with E-state index in [0.29, 0.717) is 11.1 Å². The minimum Gasteiger partial charge on any atom is -0.447 e. The molecule has 0 saturated carbocycles. The fourth-order valence-corrected chi connectivity index (χ4v) is 2.65. The average Bonchev–Trinajstić information content (AvgIpc) is 3.13. The Balaban J connectivity index is 0.000000324. The van der Waals surface area contributed by atoms with Gasteiger partial charge in [-0.05, 0) is 56.7 Å². The second-order valence-electron chi connectivity index (χ2n) is 6.85. The van der Waals surface area contributed by atoms with Crippen LogP contribution < -0.4 is 0 Å². The van der Waals surface area contributed by atoms with Gasteiger partial charge in [0.25, 0.3) is 11.8 Å². The van der Waals surface area contributed by atoms with Gasteiger partial charge in [-0.3, -0.25) is 14.4 Å². The summed E-state index contributed by atoms with van der Waals surface area (Å²) in [6, 6.07) is 16.3. The van der Waals surface area contributed by atoms with Crippen molar-refractivity contribution in [2.24, 2.45) is 10.2 Å². The quantitative estimate of drug-likeness (QED) is 0.329. The van der Waals surface area contributed by atoms with Crippen LogP contribution in [0, 0.1) is 11.8 Å². The first-order valence-electron chi connectivity index (χ1n) is 11.0. The van der Waals surface area contributed by atoms with E-state index < -0.39 is 24.0 Å². The summed E-state index contributed by atoms with van der Waals surface area (Å²) in [6.45, 7) is 5.58. The molecule has 3 rings (SSSR count). The highest BCUT2D eigenvalue weighted by molar-refractivity contribution is 6.20. The molecule has 10 heteroatoms. The lowest BCUT2D eigenvalue weighted by molar-refractivity contribution is -0.0802. The highest BCUT2D eigenvalue weighted by atomic mass is 16.7. The van der Waals surface area contributed by atoms with Crippen LogP contribution in [-0.4, -0.2) is 48.9 Å². The molecule has 0 unspecified atom stereocenters. The molecule has 1 heterocycles. The lowest BCUT2D eigenvalue weighted by Crippen LogP contribution is -2.30. The first-order chi connectivity index (χ1) is 17.4. The third kappa shape index (κ3) is 8.62. The van der Waals surface area contributed by atoms with Crippen molar-refractivity contribution in [3.05, 3.63) is 82.9 Å². The van der Waals surface area contributed by atoms with Crippen LogP contribution in [0.1, 0.15) is 47.1 Å². The smallest absolute Gasteiger partial charge is 0.447 e. The summed E-state index contributed by atoms with van der Waals surface area (Å²) in [4.78, 5) is 50.5. The first kappa shape index (κ1) is 27.6. The van der Waals surface area contributed by atoms with E-state index in [0.717, 1.165) is 16.2 Å². The second-order valence-corrected chi connectivity index (χ2v) is 6.85. The van der Waals surface area contributed by atoms with Crippen LogP contribution in [0.25, 0.3) is 0 Å². The number of rotatable bonds is 5. The van der Waals surface area contributed by atoms with Crippen LogP contribution in [-0.2, 0) is 14.3 Å². The Labute approximate surface area is 208 Å². The van der Waals surface area contributed by atoms with Crippen molar-refractivity contribution in [3.8, 4) is 11.8 Å². The molecule has 36 heavy (non-hydrogen) atoms. The number of nitrogens with zero attached hydrogens (tertiary/aromatic N) is 3. The van der Waals surface area contributed by atoms with Gasteiger partial charge in [-0.1, -0.05) is 52.4 Å². The maximum absolute atomic E-state index is 12.1. The zero-order chi connectivity index (χ0) is 26.3. The van der Waals surface area contributed by atoms with Gasteiger partial charge in [0.15, 0.2) is 0 Å². The van der Waals surface area contributed by atoms with Gasteiger partial charge in [0.2, 0.25) is 0 Å². The summed E-state index contributed by atoms with van der Waals surface area (Å²) >= 11 is 0. The van der Waals surface area contributed by atoms with E-state index in [1.54, 1.807) is 44.2 Å². The normalized spacial score (nSPS) is 12.3. The topological polar surface area (TPSA) is 124 Å². The Morgan fingerprint density at radius 3 is 1.86 bits per heavy atom. The van der Waals surface area contributed by atoms with Gasteiger partial charge in [-0.2, -0.15) is 0 Å². The molecular weight excluding hydrogens is 466 g/mol. The third-order valence-electron chi connectivity index (χ3n) is 4.28. The number of hydrogen-bond donors (Lipinski definition) is 0. The Morgan fingerprint density at radius 2 is 1.36 bits per heavy atom. The fourth-order valence-electron chi connectivity index (χ4n) is 2.65. The number of carbonyl (C=O) groups is 4. The molecule has 0 N–H and O–H groups in total. The molecule has 0 bridgehead atoms. The summed E-state index contributed by atoms with van der Waals surface area (Å²) in [5.74, 6) is 5.17. The summed E-state index contributed by atoms with van der Waals surface area (Å²) in [5.41, 5.74) is 2.46. The Bertz CT molecular complexity index is 1160. The van der Waals surface area contributed by atoms with E-state index >= 15 is 0 Å². The largest absolute Gasteiger partial charge is 0.452 e. The van der Waals surface area contributed by atoms with Gasteiger partial charge in [-0.25, -0.2) is 9.59 Å². The first-order valence-corrected chi connectivity index (χ1v) is 11.0. The number of imide groups is 1. The molecule has 0 saturated heterocycles. The SMILES string of the molecule is C/C(C#Cc1ccccc1)=C\CON1C(=O)c2ccccc2C1=O.CCOC(=O)/N=N/C(=O)OCC. The molecule has 186 valence electrons. The fraction of sp³-hybridized carbons (Fsp3) is 0.231. The highest BCUT2D eigenvalue weighted by Crippen LogP contribution is 2.22. The lowest BCUT2D eigenvalue weighted by atomic mass is 10.1. The van der Waals surface area contributed by atoms with Gasteiger partial charge < -0.3 is 9.47 Å². The van der Waals surface area contributed by atoms with Crippen LogP contribution in [0.3, 0.4) is 0 Å². The van der Waals surface area contributed by atoms with E-state index in [1.165, 1.54) is 0 Å². The molecular formula is C26H25N3O7. The van der Waals surface area contributed by atoms with Gasteiger partial charge in [0.1, 0.15) is 0 Å². The molecule has 0 aromatic heterocycles. The molecule has 0 radical (unpaired) electrons. The molecule has 1 aliphatic heterocycles. The van der Waals surface area contributed by atoms with E-state index in [4.69, 9.17) is 4.84 Å². The number of amides is 4. The molecule has 4 amide bonds. The highest BCUT2D eigenvalue weighted by Gasteiger charge is 2.36. The standard InChI is InChI=1S/C20H15NO3.C6H10N2O4/c1-15(11-12-16-7-3-2-4-8-16)13-14-24-21-19(22)17-9-5-6-10-18(17)20(21)23;1-3-11-5(9)7-8-6(10)12-4-2/h2-10,13H,14H2,1H3;3-4H2,1-2H3/b15-13+;8-7+. The summed E-state index contributed by atoms with van der Waals surface area (Å²) in [6.07, 6.45) is -0.0597. The van der Waals surface area contributed by atoms with Crippen molar-refractivity contribution < 1.29 is 33.5 Å². The molecule has 0 aliphatic carbocycles. The summed E-state index contributed by atoms with van der Waals surface area (Å²) in [7, 11) is 0. The molecule has 1 aliphatic rings. The van der Waals surface area contributed by atoms with Gasteiger partial charge in [0, 0.05) is 5.56 Å². The minimum atomic E-state index is -0.898. The number of ether oxygens (including phenoxy) is 2. The number of hydroxylamine groups is 2. The van der Waals surface area contributed by atoms with Crippen molar-refractivity contribution in [2.45, 2.75) is 20.8 Å². The monoisotopic (exact) mass is 491 g/mol. The van der Waals surface area contributed by atoms with Crippen molar-refractivity contribution in [3.63, 3.8) is 0 Å². The van der Waals surface area contributed by atoms with Crippen molar-refractivity contribution in [2.75, 3.05) is 19.8 Å². The van der Waals surface area contributed by atoms with Crippen LogP contribution in [0.2, 0.25) is 0 Å². The number of hydrogen-bond acceptors (Lipinski definition) is 7. The van der Waals surface area contributed by atoms with Crippen molar-refractivity contribution in [1.82, 2.24) is 5.06 Å². The Kier molecular flexibility index (Phi) is 11.2. The van der Waals surface area contributed by atoms with E-state index in [9.17, 15) is 19.2 Å². The van der Waals surface area contributed by atoms with Crippen LogP contribution in [0.15, 0.2) is 76.5 Å². The maximum atomic E-state index is 12.1. The molecule has 2 aromatic carbocycles. The predicted octanol–water partition coefficient (Wildman–Crippen LogP) is 4.96. The van der Waals surface area contributed by atoms with Crippen LogP contribution >= 0.6 is 0 Å². The van der Waals surface area contributed by atoms with Gasteiger partial charge >= 0.3 is 12.2 Å². The van der Waals surface area contributed by atoms with E-state index in [1.807, 2.05) is 37.3 Å². The van der Waals surface area contributed by atoms with E-state index in [-0.39, 0.29) is 19.8 Å². The van der Waals surface area contributed by atoms with Gasteiger partial charge in [0.05, 0.1) is 30.9 Å². The minimum absolute atomic E-state index is 0.0980. The Morgan fingerprint density at radius 1 is 0.861 bits per heavy atom. The predicted molar refractivity (Wildman–Crippen MR) is 129 cm³/mol. The van der Waals surface area contributed by atoms with Crippen LogP contribution in [0.5, 0.6) is 0 Å². The third-order valence-corrected chi connectivity index (χ3v) is 4.28. The number of allylic oxidation sites excluding steroid dienone is 1. The molecule has 2 aromatic rings. The zero-order valence-corrected chi connectivity index (χ0v) is 20.1. The maximum Gasteiger partial charge on any atom is 0.452 e. The lowest BCUT2D eigenvalue weighted by Gasteiger charge is -2.11. The number of benzene rings is 2. The summed E-state index contributed by atoms with van der Waals surface area (Å²) in [5, 5.41) is 6.65. The number of azo groups is 1. The molecule has 0 spiro atoms. The van der Waals surface area contributed by atoms with E-state index in [2.05, 4.69) is 31.5 Å². The number of fused-ring (bicyclic) bond motifs is 1. The zero-order valence-electron chi connectivity index (χ0n) is 20.1. The van der Waals surface area contributed by atoms with Crippen LogP contribution in [0.4, 0.5) is 9.59 Å². The van der Waals surface area contributed by atoms with Crippen molar-refractivity contribution >= 4 is 24.0 Å². The van der Waals surface area contributed by atoms with Gasteiger partial charge in [-0.15, -0.1) is 5.06 Å². The molecule has 10 nitrogen and oxygen atoms in total. The average molecular weight is 492 g/mol. The van der Waals surface area contributed by atoms with Crippen molar-refractivity contribution in [1.29, 1.82) is 0 Å². The molecule has 0 fully saturated rings. The summed E-state index contributed by atoms with van der Waals surface area (Å²) < 4.78 is 8.73. The molecule has 0 atom stereocenters. The Hall–Kier alpha value is -4.62.